The first-order chi connectivity index (χ1) is 18.0. The van der Waals surface area contributed by atoms with Gasteiger partial charge in [-0.15, -0.1) is 0 Å². The number of aliphatic hydroxyl groups is 6. The number of ether oxygens (including phenoxy) is 2. The standard InChI is InChI=1S/C25H26O13/c26-9-3-1-8(2-4-9)13-5-10(27)14-19(32)15(24-21(34)17(30)11(28)6-36-24)20(33)16(23(14)38-13)25-22(35)18(31)12(29)7-37-25/h1-5,11-12,17-18,21-22,24-26,28-35H,6-7H2/t11-,12-,17+,18+,21+,22+,24+,25-/m0/s1. The van der Waals surface area contributed by atoms with Crippen LogP contribution in [0.4, 0.5) is 0 Å². The van der Waals surface area contributed by atoms with E-state index in [9.17, 15) is 50.8 Å². The van der Waals surface area contributed by atoms with Crippen LogP contribution in [0, 0.1) is 0 Å². The Morgan fingerprint density at radius 1 is 0.684 bits per heavy atom. The predicted octanol–water partition coefficient (Wildman–Crippen LogP) is -1.12. The molecule has 13 heteroatoms. The first kappa shape index (κ1) is 26.3. The molecule has 8 atom stereocenters. The molecule has 38 heavy (non-hydrogen) atoms. The van der Waals surface area contributed by atoms with E-state index < -0.39 is 101 Å². The Hall–Kier alpha value is -3.27. The molecule has 0 bridgehead atoms. The monoisotopic (exact) mass is 534 g/mol. The largest absolute Gasteiger partial charge is 0.508 e. The quantitative estimate of drug-likeness (QED) is 0.194. The van der Waals surface area contributed by atoms with Crippen LogP contribution in [-0.4, -0.2) is 95.8 Å². The third kappa shape index (κ3) is 4.19. The maximum atomic E-state index is 13.3. The molecule has 13 nitrogen and oxygen atoms in total. The van der Waals surface area contributed by atoms with Crippen LogP contribution < -0.4 is 5.43 Å². The van der Waals surface area contributed by atoms with Crippen molar-refractivity contribution in [1.29, 1.82) is 0 Å². The topological polar surface area (TPSA) is 231 Å². The van der Waals surface area contributed by atoms with Crippen LogP contribution in [-0.2, 0) is 9.47 Å². The lowest BCUT2D eigenvalue weighted by atomic mass is 9.87. The normalized spacial score (nSPS) is 31.9. The Balaban J connectivity index is 1.80. The lowest BCUT2D eigenvalue weighted by Gasteiger charge is -2.38. The number of aromatic hydroxyl groups is 3. The van der Waals surface area contributed by atoms with E-state index in [1.165, 1.54) is 24.3 Å². The molecule has 2 aliphatic heterocycles. The van der Waals surface area contributed by atoms with Gasteiger partial charge in [0.05, 0.1) is 24.3 Å². The molecule has 0 amide bonds. The minimum Gasteiger partial charge on any atom is -0.508 e. The molecule has 2 aliphatic rings. The highest BCUT2D eigenvalue weighted by molar-refractivity contribution is 5.91. The summed E-state index contributed by atoms with van der Waals surface area (Å²) in [7, 11) is 0. The Morgan fingerprint density at radius 3 is 1.76 bits per heavy atom. The summed E-state index contributed by atoms with van der Waals surface area (Å²) in [5, 5.41) is 93.1. The molecule has 2 fully saturated rings. The van der Waals surface area contributed by atoms with Gasteiger partial charge in [-0.3, -0.25) is 4.79 Å². The van der Waals surface area contributed by atoms with E-state index in [0.29, 0.717) is 5.56 Å². The average Bonchev–Trinajstić information content (AvgIpc) is 2.88. The highest BCUT2D eigenvalue weighted by Gasteiger charge is 2.46. The third-order valence-corrected chi connectivity index (χ3v) is 6.92. The number of benzene rings is 2. The highest BCUT2D eigenvalue weighted by atomic mass is 16.5. The lowest BCUT2D eigenvalue weighted by molar-refractivity contribution is -0.191. The molecule has 3 heterocycles. The van der Waals surface area contributed by atoms with Crippen LogP contribution in [0.15, 0.2) is 39.5 Å². The molecule has 2 aromatic carbocycles. The molecule has 204 valence electrons. The van der Waals surface area contributed by atoms with Crippen molar-refractivity contribution in [3.8, 4) is 28.6 Å². The van der Waals surface area contributed by atoms with Gasteiger partial charge in [-0.2, -0.15) is 0 Å². The fourth-order valence-corrected chi connectivity index (χ4v) is 4.83. The van der Waals surface area contributed by atoms with Crippen LogP contribution in [0.5, 0.6) is 17.2 Å². The van der Waals surface area contributed by atoms with E-state index in [1.807, 2.05) is 0 Å². The number of fused-ring (bicyclic) bond motifs is 1. The molecular formula is C25H26O13. The van der Waals surface area contributed by atoms with Gasteiger partial charge in [0.1, 0.15) is 77.2 Å². The zero-order valence-corrected chi connectivity index (χ0v) is 19.6. The van der Waals surface area contributed by atoms with Crippen molar-refractivity contribution < 1.29 is 59.8 Å². The smallest absolute Gasteiger partial charge is 0.197 e. The summed E-state index contributed by atoms with van der Waals surface area (Å²) in [4.78, 5) is 13.3. The molecule has 2 saturated heterocycles. The lowest BCUT2D eigenvalue weighted by Crippen LogP contribution is -2.49. The zero-order chi connectivity index (χ0) is 27.5. The molecule has 5 rings (SSSR count). The molecule has 9 N–H and O–H groups in total. The average molecular weight is 534 g/mol. The third-order valence-electron chi connectivity index (χ3n) is 6.92. The molecule has 0 radical (unpaired) electrons. The van der Waals surface area contributed by atoms with E-state index in [4.69, 9.17) is 13.9 Å². The van der Waals surface area contributed by atoms with Crippen LogP contribution >= 0.6 is 0 Å². The second-order valence-corrected chi connectivity index (χ2v) is 9.36. The maximum Gasteiger partial charge on any atom is 0.197 e. The molecule has 0 saturated carbocycles. The fraction of sp³-hybridized carbons (Fsp3) is 0.400. The van der Waals surface area contributed by atoms with Gasteiger partial charge in [-0.1, -0.05) is 0 Å². The summed E-state index contributed by atoms with van der Waals surface area (Å²) >= 11 is 0. The second kappa shape index (κ2) is 9.80. The van der Waals surface area contributed by atoms with Crippen molar-refractivity contribution in [1.82, 2.24) is 0 Å². The summed E-state index contributed by atoms with van der Waals surface area (Å²) < 4.78 is 16.8. The van der Waals surface area contributed by atoms with Crippen LogP contribution in [0.25, 0.3) is 22.3 Å². The Labute approximate surface area is 213 Å². The van der Waals surface area contributed by atoms with Crippen molar-refractivity contribution in [3.05, 3.63) is 51.7 Å². The minimum atomic E-state index is -1.85. The number of hydrogen-bond donors (Lipinski definition) is 9. The molecule has 3 aromatic rings. The van der Waals surface area contributed by atoms with Crippen molar-refractivity contribution in [3.63, 3.8) is 0 Å². The van der Waals surface area contributed by atoms with Crippen LogP contribution in [0.2, 0.25) is 0 Å². The Kier molecular flexibility index (Phi) is 6.79. The SMILES string of the molecule is O=c1cc(-c2ccc(O)cc2)oc2c([C@@H]3OC[C@H](O)[C@@H](O)[C@H]3O)c(O)c([C@H]3OC[C@H](O)[C@@H](O)[C@H]3O)c(O)c12. The van der Waals surface area contributed by atoms with Crippen molar-refractivity contribution in [2.75, 3.05) is 13.2 Å². The van der Waals surface area contributed by atoms with Gasteiger partial charge in [-0.25, -0.2) is 0 Å². The van der Waals surface area contributed by atoms with E-state index >= 15 is 0 Å². The predicted molar refractivity (Wildman–Crippen MR) is 126 cm³/mol. The fourth-order valence-electron chi connectivity index (χ4n) is 4.83. The second-order valence-electron chi connectivity index (χ2n) is 9.36. The Bertz CT molecular complexity index is 1400. The van der Waals surface area contributed by atoms with Crippen molar-refractivity contribution in [2.24, 2.45) is 0 Å². The van der Waals surface area contributed by atoms with E-state index in [-0.39, 0.29) is 11.5 Å². The molecular weight excluding hydrogens is 508 g/mol. The van der Waals surface area contributed by atoms with Gasteiger partial charge in [-0.05, 0) is 24.3 Å². The summed E-state index contributed by atoms with van der Waals surface area (Å²) in [5.74, 6) is -1.80. The molecule has 0 aliphatic carbocycles. The van der Waals surface area contributed by atoms with Gasteiger partial charge in [0.15, 0.2) is 11.0 Å². The number of aliphatic hydroxyl groups excluding tert-OH is 6. The van der Waals surface area contributed by atoms with Gasteiger partial charge < -0.3 is 59.8 Å². The van der Waals surface area contributed by atoms with Crippen molar-refractivity contribution >= 4 is 11.0 Å². The summed E-state index contributed by atoms with van der Waals surface area (Å²) in [6, 6.07) is 6.60. The Morgan fingerprint density at radius 2 is 1.21 bits per heavy atom. The number of phenolic OH excluding ortho intramolecular Hbond substituents is 3. The minimum absolute atomic E-state index is 0.0475. The molecule has 0 unspecified atom stereocenters. The first-order valence-corrected chi connectivity index (χ1v) is 11.7. The van der Waals surface area contributed by atoms with E-state index in [0.717, 1.165) is 6.07 Å². The van der Waals surface area contributed by atoms with Gasteiger partial charge in [0, 0.05) is 11.6 Å². The summed E-state index contributed by atoms with van der Waals surface area (Å²) in [6.07, 6.45) is -13.3. The number of hydrogen-bond acceptors (Lipinski definition) is 13. The zero-order valence-electron chi connectivity index (χ0n) is 19.6. The summed E-state index contributed by atoms with van der Waals surface area (Å²) in [5.41, 5.74) is -1.86. The van der Waals surface area contributed by atoms with Gasteiger partial charge in [0.25, 0.3) is 0 Å². The number of rotatable bonds is 3. The van der Waals surface area contributed by atoms with E-state index in [2.05, 4.69) is 0 Å². The van der Waals surface area contributed by atoms with Gasteiger partial charge in [0.2, 0.25) is 0 Å². The van der Waals surface area contributed by atoms with E-state index in [1.54, 1.807) is 0 Å². The number of phenols is 3. The molecule has 1 aromatic heterocycles. The molecule has 0 spiro atoms. The van der Waals surface area contributed by atoms with Crippen LogP contribution in [0.1, 0.15) is 23.3 Å². The maximum absolute atomic E-state index is 13.3. The first-order valence-electron chi connectivity index (χ1n) is 11.7. The highest BCUT2D eigenvalue weighted by Crippen LogP contribution is 2.50. The van der Waals surface area contributed by atoms with Crippen molar-refractivity contribution in [2.45, 2.75) is 48.8 Å². The summed E-state index contributed by atoms with van der Waals surface area (Å²) in [6.45, 7) is -0.966. The van der Waals surface area contributed by atoms with Crippen LogP contribution in [0.3, 0.4) is 0 Å². The van der Waals surface area contributed by atoms with Gasteiger partial charge >= 0.3 is 0 Å².